The van der Waals surface area contributed by atoms with Crippen molar-refractivity contribution in [3.05, 3.63) is 75.0 Å². The monoisotopic (exact) mass is 460 g/mol. The molecule has 2 aromatic heterocycles. The van der Waals surface area contributed by atoms with Crippen LogP contribution in [0.5, 0.6) is 0 Å². The molecule has 0 saturated carbocycles. The van der Waals surface area contributed by atoms with Crippen molar-refractivity contribution in [1.29, 1.82) is 0 Å². The van der Waals surface area contributed by atoms with Gasteiger partial charge in [-0.2, -0.15) is 5.10 Å². The third kappa shape index (κ3) is 4.44. The number of nitrogens with zero attached hydrogens (tertiary/aromatic N) is 3. The second-order valence-electron chi connectivity index (χ2n) is 6.55. The van der Waals surface area contributed by atoms with Gasteiger partial charge in [0.1, 0.15) is 0 Å². The molecule has 30 heavy (non-hydrogen) atoms. The summed E-state index contributed by atoms with van der Waals surface area (Å²) in [6, 6.07) is 14.9. The van der Waals surface area contributed by atoms with E-state index in [1.807, 2.05) is 6.92 Å². The van der Waals surface area contributed by atoms with Gasteiger partial charge < -0.3 is 0 Å². The SMILES string of the molecule is Cc1nc2ccc(S(=O)(=O)NCCn3nc(-c4ccc(Cl)cc4)ccc3=O)cc2s1. The summed E-state index contributed by atoms with van der Waals surface area (Å²) in [7, 11) is -3.72. The highest BCUT2D eigenvalue weighted by atomic mass is 35.5. The zero-order valence-electron chi connectivity index (χ0n) is 15.9. The Kier molecular flexibility index (Phi) is 5.70. The van der Waals surface area contributed by atoms with Crippen LogP contribution in [0.2, 0.25) is 5.02 Å². The van der Waals surface area contributed by atoms with Crippen LogP contribution >= 0.6 is 22.9 Å². The van der Waals surface area contributed by atoms with Crippen LogP contribution in [0.15, 0.2) is 64.3 Å². The number of sulfonamides is 1. The molecule has 0 atom stereocenters. The fraction of sp³-hybridized carbons (Fsp3) is 0.150. The molecule has 0 aliphatic rings. The highest BCUT2D eigenvalue weighted by Gasteiger charge is 2.15. The number of thiazole rings is 1. The number of fused-ring (bicyclic) bond motifs is 1. The van der Waals surface area contributed by atoms with Gasteiger partial charge >= 0.3 is 0 Å². The lowest BCUT2D eigenvalue weighted by Crippen LogP contribution is -2.32. The Morgan fingerprint density at radius 1 is 1.10 bits per heavy atom. The number of benzene rings is 2. The van der Waals surface area contributed by atoms with Crippen LogP contribution in [-0.4, -0.2) is 29.7 Å². The van der Waals surface area contributed by atoms with E-state index in [9.17, 15) is 13.2 Å². The molecule has 2 heterocycles. The van der Waals surface area contributed by atoms with Gasteiger partial charge in [0.15, 0.2) is 0 Å². The van der Waals surface area contributed by atoms with Crippen LogP contribution in [-0.2, 0) is 16.6 Å². The molecular weight excluding hydrogens is 444 g/mol. The summed E-state index contributed by atoms with van der Waals surface area (Å²) in [5.41, 5.74) is 1.86. The maximum absolute atomic E-state index is 12.6. The molecule has 0 aliphatic heterocycles. The van der Waals surface area contributed by atoms with Crippen molar-refractivity contribution in [3.63, 3.8) is 0 Å². The molecule has 154 valence electrons. The third-order valence-electron chi connectivity index (χ3n) is 4.40. The van der Waals surface area contributed by atoms with Gasteiger partial charge in [0, 0.05) is 23.2 Å². The van der Waals surface area contributed by atoms with Gasteiger partial charge in [-0.15, -0.1) is 11.3 Å². The second kappa shape index (κ2) is 8.27. The van der Waals surface area contributed by atoms with Crippen LogP contribution in [0, 0.1) is 6.92 Å². The van der Waals surface area contributed by atoms with Crippen molar-refractivity contribution in [2.24, 2.45) is 0 Å². The Morgan fingerprint density at radius 2 is 1.87 bits per heavy atom. The van der Waals surface area contributed by atoms with Crippen LogP contribution in [0.3, 0.4) is 0 Å². The number of nitrogens with one attached hydrogen (secondary N) is 1. The lowest BCUT2D eigenvalue weighted by atomic mass is 10.1. The van der Waals surface area contributed by atoms with Gasteiger partial charge in [-0.1, -0.05) is 23.7 Å². The Labute approximate surface area is 182 Å². The highest BCUT2D eigenvalue weighted by Crippen LogP contribution is 2.24. The average Bonchev–Trinajstić information content (AvgIpc) is 3.09. The molecule has 1 N–H and O–H groups in total. The summed E-state index contributed by atoms with van der Waals surface area (Å²) in [5, 5.41) is 5.81. The van der Waals surface area contributed by atoms with Crippen molar-refractivity contribution < 1.29 is 8.42 Å². The topological polar surface area (TPSA) is 93.9 Å². The Hall–Kier alpha value is -2.59. The highest BCUT2D eigenvalue weighted by molar-refractivity contribution is 7.89. The van der Waals surface area contributed by atoms with Gasteiger partial charge in [0.25, 0.3) is 5.56 Å². The summed E-state index contributed by atoms with van der Waals surface area (Å²) >= 11 is 7.35. The Bertz CT molecular complexity index is 1380. The van der Waals surface area contributed by atoms with Crippen LogP contribution in [0.1, 0.15) is 5.01 Å². The minimum Gasteiger partial charge on any atom is -0.268 e. The minimum atomic E-state index is -3.72. The molecule has 0 amide bonds. The molecule has 4 aromatic rings. The first-order chi connectivity index (χ1) is 14.3. The van der Waals surface area contributed by atoms with E-state index in [-0.39, 0.29) is 23.5 Å². The van der Waals surface area contributed by atoms with Crippen molar-refractivity contribution in [2.75, 3.05) is 6.54 Å². The summed E-state index contributed by atoms with van der Waals surface area (Å²) in [4.78, 5) is 16.6. The standard InChI is InChI=1S/C20H17ClN4O3S2/c1-13-23-18-7-6-16(12-19(18)29-13)30(27,28)22-10-11-25-20(26)9-8-17(24-25)14-2-4-15(21)5-3-14/h2-9,12,22H,10-11H2,1H3. The van der Waals surface area contributed by atoms with Crippen LogP contribution in [0.25, 0.3) is 21.5 Å². The second-order valence-corrected chi connectivity index (χ2v) is 9.99. The van der Waals surface area contributed by atoms with Gasteiger partial charge in [-0.25, -0.2) is 22.8 Å². The van der Waals surface area contributed by atoms with Crippen molar-refractivity contribution in [2.45, 2.75) is 18.4 Å². The van der Waals surface area contributed by atoms with E-state index in [4.69, 9.17) is 11.6 Å². The lowest BCUT2D eigenvalue weighted by Gasteiger charge is -2.09. The molecule has 7 nitrogen and oxygen atoms in total. The summed E-state index contributed by atoms with van der Waals surface area (Å²) in [6.07, 6.45) is 0. The molecule has 0 unspecified atom stereocenters. The molecule has 0 saturated heterocycles. The number of hydrogen-bond donors (Lipinski definition) is 1. The maximum atomic E-state index is 12.6. The fourth-order valence-corrected chi connectivity index (χ4v) is 5.05. The van der Waals surface area contributed by atoms with E-state index in [2.05, 4.69) is 14.8 Å². The average molecular weight is 461 g/mol. The number of aryl methyl sites for hydroxylation is 1. The molecule has 10 heteroatoms. The van der Waals surface area contributed by atoms with Gasteiger partial charge in [0.05, 0.1) is 32.4 Å². The van der Waals surface area contributed by atoms with Crippen LogP contribution in [0.4, 0.5) is 0 Å². The van der Waals surface area contributed by atoms with E-state index >= 15 is 0 Å². The zero-order valence-corrected chi connectivity index (χ0v) is 18.3. The predicted molar refractivity (Wildman–Crippen MR) is 118 cm³/mol. The summed E-state index contributed by atoms with van der Waals surface area (Å²) in [6.45, 7) is 2.00. The van der Waals surface area contributed by atoms with E-state index in [1.165, 1.54) is 28.2 Å². The van der Waals surface area contributed by atoms with Crippen LogP contribution < -0.4 is 10.3 Å². The molecule has 0 bridgehead atoms. The number of halogens is 1. The van der Waals surface area contributed by atoms with E-state index in [0.717, 1.165) is 20.8 Å². The summed E-state index contributed by atoms with van der Waals surface area (Å²) in [5.74, 6) is 0. The number of hydrogen-bond acceptors (Lipinski definition) is 6. The Balaban J connectivity index is 1.49. The van der Waals surface area contributed by atoms with Crippen molar-refractivity contribution in [1.82, 2.24) is 19.5 Å². The van der Waals surface area contributed by atoms with Crippen molar-refractivity contribution >= 4 is 43.2 Å². The molecule has 0 fully saturated rings. The number of aromatic nitrogens is 3. The van der Waals surface area contributed by atoms with Gasteiger partial charge in [-0.05, 0) is 43.3 Å². The van der Waals surface area contributed by atoms with Gasteiger partial charge in [0.2, 0.25) is 10.0 Å². The molecule has 0 aliphatic carbocycles. The summed E-state index contributed by atoms with van der Waals surface area (Å²) < 4.78 is 29.8. The van der Waals surface area contributed by atoms with Crippen molar-refractivity contribution in [3.8, 4) is 11.3 Å². The number of rotatable bonds is 6. The first-order valence-electron chi connectivity index (χ1n) is 9.03. The molecule has 2 aromatic carbocycles. The van der Waals surface area contributed by atoms with E-state index in [0.29, 0.717) is 10.7 Å². The molecule has 4 rings (SSSR count). The van der Waals surface area contributed by atoms with E-state index < -0.39 is 10.0 Å². The largest absolute Gasteiger partial charge is 0.268 e. The maximum Gasteiger partial charge on any atom is 0.266 e. The molecule has 0 radical (unpaired) electrons. The zero-order chi connectivity index (χ0) is 21.3. The minimum absolute atomic E-state index is 0.0269. The molecular formula is C20H17ClN4O3S2. The fourth-order valence-electron chi connectivity index (χ4n) is 2.94. The third-order valence-corrected chi connectivity index (χ3v) is 7.04. The lowest BCUT2D eigenvalue weighted by molar-refractivity contribution is 0.549. The van der Waals surface area contributed by atoms with Gasteiger partial charge in [-0.3, -0.25) is 4.79 Å². The Morgan fingerprint density at radius 3 is 2.63 bits per heavy atom. The predicted octanol–water partition coefficient (Wildman–Crippen LogP) is 3.46. The van der Waals surface area contributed by atoms with E-state index in [1.54, 1.807) is 42.5 Å². The first-order valence-corrected chi connectivity index (χ1v) is 11.7. The first kappa shape index (κ1) is 20.7. The molecule has 0 spiro atoms. The quantitative estimate of drug-likeness (QED) is 0.475. The smallest absolute Gasteiger partial charge is 0.266 e. The normalized spacial score (nSPS) is 11.8.